The van der Waals surface area contributed by atoms with Gasteiger partial charge in [-0.1, -0.05) is 24.3 Å². The second kappa shape index (κ2) is 8.75. The Kier molecular flexibility index (Phi) is 6.16. The molecule has 3 rings (SSSR count). The molecule has 1 fully saturated rings. The Hall–Kier alpha value is -2.76. The molecule has 1 saturated heterocycles. The minimum atomic E-state index is -0.282. The fourth-order valence-corrected chi connectivity index (χ4v) is 3.36. The van der Waals surface area contributed by atoms with Crippen molar-refractivity contribution in [2.45, 2.75) is 32.7 Å². The van der Waals surface area contributed by atoms with E-state index in [1.807, 2.05) is 43.3 Å². The van der Waals surface area contributed by atoms with E-state index in [0.717, 1.165) is 10.8 Å². The zero-order chi connectivity index (χ0) is 19.2. The van der Waals surface area contributed by atoms with Crippen LogP contribution in [0, 0.1) is 0 Å². The van der Waals surface area contributed by atoms with E-state index >= 15 is 0 Å². The van der Waals surface area contributed by atoms with Crippen molar-refractivity contribution in [3.05, 3.63) is 42.0 Å². The predicted octanol–water partition coefficient (Wildman–Crippen LogP) is 3.59. The summed E-state index contributed by atoms with van der Waals surface area (Å²) in [6.45, 7) is 5.74. The van der Waals surface area contributed by atoms with E-state index in [2.05, 4.69) is 5.32 Å². The SMILES string of the molecule is CCOC(=O)N1CCC(NC(=O)c2cc3ccccc3cc2OCC)CC1. The number of piperidine rings is 1. The maximum absolute atomic E-state index is 12.9. The van der Waals surface area contributed by atoms with Crippen molar-refractivity contribution in [1.29, 1.82) is 0 Å². The highest BCUT2D eigenvalue weighted by molar-refractivity contribution is 6.01. The first kappa shape index (κ1) is 19.0. The average Bonchev–Trinajstić information content (AvgIpc) is 2.68. The summed E-state index contributed by atoms with van der Waals surface area (Å²) in [5.74, 6) is 0.455. The van der Waals surface area contributed by atoms with Crippen molar-refractivity contribution in [3.63, 3.8) is 0 Å². The number of carbonyl (C=O) groups excluding carboxylic acids is 2. The number of benzene rings is 2. The summed E-state index contributed by atoms with van der Waals surface area (Å²) in [4.78, 5) is 26.4. The van der Waals surface area contributed by atoms with Crippen LogP contribution < -0.4 is 10.1 Å². The van der Waals surface area contributed by atoms with Crippen LogP contribution in [0.5, 0.6) is 5.75 Å². The molecule has 2 amide bonds. The molecule has 1 aliphatic rings. The molecule has 144 valence electrons. The molecular formula is C21H26N2O4. The van der Waals surface area contributed by atoms with E-state index in [-0.39, 0.29) is 18.0 Å². The topological polar surface area (TPSA) is 67.9 Å². The molecular weight excluding hydrogens is 344 g/mol. The zero-order valence-corrected chi connectivity index (χ0v) is 15.9. The summed E-state index contributed by atoms with van der Waals surface area (Å²) in [7, 11) is 0. The van der Waals surface area contributed by atoms with Crippen LogP contribution in [-0.2, 0) is 4.74 Å². The third kappa shape index (κ3) is 4.51. The first-order valence-electron chi connectivity index (χ1n) is 9.50. The van der Waals surface area contributed by atoms with Crippen molar-refractivity contribution < 1.29 is 19.1 Å². The molecule has 0 aliphatic carbocycles. The molecule has 27 heavy (non-hydrogen) atoms. The lowest BCUT2D eigenvalue weighted by Crippen LogP contribution is -2.46. The second-order valence-corrected chi connectivity index (χ2v) is 6.56. The summed E-state index contributed by atoms with van der Waals surface area (Å²) >= 11 is 0. The highest BCUT2D eigenvalue weighted by Crippen LogP contribution is 2.26. The fraction of sp³-hybridized carbons (Fsp3) is 0.429. The average molecular weight is 370 g/mol. The second-order valence-electron chi connectivity index (χ2n) is 6.56. The van der Waals surface area contributed by atoms with E-state index in [1.54, 1.807) is 11.8 Å². The van der Waals surface area contributed by atoms with E-state index in [9.17, 15) is 9.59 Å². The number of hydrogen-bond donors (Lipinski definition) is 1. The molecule has 0 atom stereocenters. The number of carbonyl (C=O) groups is 2. The first-order chi connectivity index (χ1) is 13.1. The summed E-state index contributed by atoms with van der Waals surface area (Å²) in [6, 6.07) is 11.7. The fourth-order valence-electron chi connectivity index (χ4n) is 3.36. The largest absolute Gasteiger partial charge is 0.493 e. The maximum Gasteiger partial charge on any atom is 0.409 e. The molecule has 6 nitrogen and oxygen atoms in total. The van der Waals surface area contributed by atoms with Crippen LogP contribution in [0.15, 0.2) is 36.4 Å². The lowest BCUT2D eigenvalue weighted by Gasteiger charge is -2.31. The minimum Gasteiger partial charge on any atom is -0.493 e. The Labute approximate surface area is 159 Å². The number of hydrogen-bond acceptors (Lipinski definition) is 4. The van der Waals surface area contributed by atoms with Gasteiger partial charge in [0.25, 0.3) is 5.91 Å². The van der Waals surface area contributed by atoms with Gasteiger partial charge < -0.3 is 19.7 Å². The zero-order valence-electron chi connectivity index (χ0n) is 15.9. The van der Waals surface area contributed by atoms with Gasteiger partial charge in [-0.2, -0.15) is 0 Å². The highest BCUT2D eigenvalue weighted by atomic mass is 16.6. The maximum atomic E-state index is 12.9. The Balaban J connectivity index is 1.69. The van der Waals surface area contributed by atoms with Crippen LogP contribution in [0.3, 0.4) is 0 Å². The summed E-state index contributed by atoms with van der Waals surface area (Å²) in [5, 5.41) is 5.14. The van der Waals surface area contributed by atoms with Crippen LogP contribution in [0.1, 0.15) is 37.0 Å². The molecule has 0 unspecified atom stereocenters. The molecule has 0 radical (unpaired) electrons. The van der Waals surface area contributed by atoms with Crippen molar-refractivity contribution in [1.82, 2.24) is 10.2 Å². The van der Waals surface area contributed by atoms with E-state index in [4.69, 9.17) is 9.47 Å². The molecule has 1 heterocycles. The van der Waals surface area contributed by atoms with Gasteiger partial charge in [-0.3, -0.25) is 4.79 Å². The Bertz CT molecular complexity index is 813. The Morgan fingerprint density at radius 1 is 1.07 bits per heavy atom. The minimum absolute atomic E-state index is 0.0316. The quantitative estimate of drug-likeness (QED) is 0.873. The summed E-state index contributed by atoms with van der Waals surface area (Å²) in [6.07, 6.45) is 1.14. The van der Waals surface area contributed by atoms with Gasteiger partial charge in [-0.25, -0.2) is 4.79 Å². The van der Waals surface area contributed by atoms with Crippen molar-refractivity contribution in [2.75, 3.05) is 26.3 Å². The van der Waals surface area contributed by atoms with E-state index < -0.39 is 0 Å². The molecule has 0 saturated carbocycles. The molecule has 0 spiro atoms. The van der Waals surface area contributed by atoms with Crippen molar-refractivity contribution in [3.8, 4) is 5.75 Å². The van der Waals surface area contributed by atoms with Crippen LogP contribution >= 0.6 is 0 Å². The van der Waals surface area contributed by atoms with E-state index in [1.165, 1.54) is 0 Å². The summed E-state index contributed by atoms with van der Waals surface area (Å²) < 4.78 is 10.7. The molecule has 1 aliphatic heterocycles. The molecule has 0 bridgehead atoms. The lowest BCUT2D eigenvalue weighted by molar-refractivity contribution is 0.0858. The van der Waals surface area contributed by atoms with Crippen LogP contribution in [0.2, 0.25) is 0 Å². The molecule has 2 aromatic rings. The van der Waals surface area contributed by atoms with Gasteiger partial charge in [-0.05, 0) is 49.6 Å². The Morgan fingerprint density at radius 3 is 2.37 bits per heavy atom. The standard InChI is InChI=1S/C21H26N2O4/c1-3-26-19-14-16-8-6-5-7-15(16)13-18(19)20(24)22-17-9-11-23(12-10-17)21(25)27-4-2/h5-8,13-14,17H,3-4,9-12H2,1-2H3,(H,22,24). The number of amides is 2. The third-order valence-corrected chi connectivity index (χ3v) is 4.75. The van der Waals surface area contributed by atoms with Gasteiger partial charge >= 0.3 is 6.09 Å². The first-order valence-corrected chi connectivity index (χ1v) is 9.50. The van der Waals surface area contributed by atoms with Crippen LogP contribution in [0.4, 0.5) is 4.79 Å². The molecule has 6 heteroatoms. The number of ether oxygens (including phenoxy) is 2. The number of likely N-dealkylation sites (tertiary alicyclic amines) is 1. The smallest absolute Gasteiger partial charge is 0.409 e. The third-order valence-electron chi connectivity index (χ3n) is 4.75. The van der Waals surface area contributed by atoms with Gasteiger partial charge in [0.2, 0.25) is 0 Å². The lowest BCUT2D eigenvalue weighted by atomic mass is 10.0. The normalized spacial score (nSPS) is 14.8. The molecule has 2 aromatic carbocycles. The number of nitrogens with zero attached hydrogens (tertiary/aromatic N) is 1. The number of nitrogens with one attached hydrogen (secondary N) is 1. The number of rotatable bonds is 5. The molecule has 1 N–H and O–H groups in total. The Morgan fingerprint density at radius 2 is 1.74 bits per heavy atom. The van der Waals surface area contributed by atoms with Gasteiger partial charge in [0.05, 0.1) is 18.8 Å². The van der Waals surface area contributed by atoms with Crippen LogP contribution in [0.25, 0.3) is 10.8 Å². The van der Waals surface area contributed by atoms with Crippen molar-refractivity contribution in [2.24, 2.45) is 0 Å². The van der Waals surface area contributed by atoms with Crippen molar-refractivity contribution >= 4 is 22.8 Å². The van der Waals surface area contributed by atoms with Crippen LogP contribution in [-0.4, -0.2) is 49.2 Å². The predicted molar refractivity (Wildman–Crippen MR) is 104 cm³/mol. The molecule has 0 aromatic heterocycles. The van der Waals surface area contributed by atoms with E-state index in [0.29, 0.717) is 50.5 Å². The highest BCUT2D eigenvalue weighted by Gasteiger charge is 2.25. The summed E-state index contributed by atoms with van der Waals surface area (Å²) in [5.41, 5.74) is 0.545. The van der Waals surface area contributed by atoms with Gasteiger partial charge in [0, 0.05) is 19.1 Å². The monoisotopic (exact) mass is 370 g/mol. The van der Waals surface area contributed by atoms with Gasteiger partial charge in [0.1, 0.15) is 5.75 Å². The van der Waals surface area contributed by atoms with Gasteiger partial charge in [-0.15, -0.1) is 0 Å². The van der Waals surface area contributed by atoms with Gasteiger partial charge in [0.15, 0.2) is 0 Å². The number of fused-ring (bicyclic) bond motifs is 1.